The minimum atomic E-state index is -3.13. The van der Waals surface area contributed by atoms with E-state index in [1.807, 2.05) is 0 Å². The average molecular weight is 250 g/mol. The minimum Gasteiger partial charge on any atom is -0.326 e. The summed E-state index contributed by atoms with van der Waals surface area (Å²) in [4.78, 5) is 14.3. The van der Waals surface area contributed by atoms with Crippen molar-refractivity contribution in [3.63, 3.8) is 0 Å². The molecule has 2 aliphatic carbocycles. The van der Waals surface area contributed by atoms with Crippen LogP contribution in [0.2, 0.25) is 0 Å². The first-order chi connectivity index (χ1) is 7.73. The van der Waals surface area contributed by atoms with Gasteiger partial charge in [0.1, 0.15) is 0 Å². The lowest BCUT2D eigenvalue weighted by Gasteiger charge is -2.05. The van der Waals surface area contributed by atoms with Gasteiger partial charge in [0.25, 0.3) is 0 Å². The van der Waals surface area contributed by atoms with Gasteiger partial charge in [-0.2, -0.15) is 0 Å². The molecule has 98 valence electrons. The maximum atomic E-state index is 8.74. The topological polar surface area (TPSA) is 57.5 Å². The summed E-state index contributed by atoms with van der Waals surface area (Å²) in [6.45, 7) is 0. The summed E-state index contributed by atoms with van der Waals surface area (Å²) in [5.74, 6) is 0. The summed E-state index contributed by atoms with van der Waals surface area (Å²) in [5.41, 5.74) is 0. The molecular formula is C12H27O3P. The Labute approximate surface area is 100 Å². The fraction of sp³-hybridized carbons (Fsp3) is 1.00. The molecule has 2 rings (SSSR count). The summed E-state index contributed by atoms with van der Waals surface area (Å²) >= 11 is 0. The number of hydrogen-bond acceptors (Lipinski definition) is 1. The van der Waals surface area contributed by atoms with Crippen LogP contribution in [-0.2, 0) is 4.57 Å². The van der Waals surface area contributed by atoms with Crippen molar-refractivity contribution in [2.45, 2.75) is 77.0 Å². The lowest BCUT2D eigenvalue weighted by molar-refractivity contribution is 0.405. The highest BCUT2D eigenvalue weighted by molar-refractivity contribution is 7.30. The van der Waals surface area contributed by atoms with Gasteiger partial charge < -0.3 is 9.79 Å². The second-order valence-electron chi connectivity index (χ2n) is 4.53. The second kappa shape index (κ2) is 13.2. The molecule has 0 aromatic heterocycles. The average Bonchev–Trinajstić information content (AvgIpc) is 2.34. The predicted molar refractivity (Wildman–Crippen MR) is 68.8 cm³/mol. The van der Waals surface area contributed by atoms with Crippen molar-refractivity contribution in [2.24, 2.45) is 0 Å². The van der Waals surface area contributed by atoms with Crippen LogP contribution in [0.1, 0.15) is 77.0 Å². The molecule has 2 aliphatic rings. The molecule has 16 heavy (non-hydrogen) atoms. The summed E-state index contributed by atoms with van der Waals surface area (Å²) < 4.78 is 8.74. The van der Waals surface area contributed by atoms with Crippen molar-refractivity contribution < 1.29 is 14.4 Å². The first-order valence-electron chi connectivity index (χ1n) is 6.65. The molecular weight excluding hydrogens is 223 g/mol. The van der Waals surface area contributed by atoms with E-state index < -0.39 is 8.25 Å². The van der Waals surface area contributed by atoms with Crippen LogP contribution in [0.3, 0.4) is 0 Å². The maximum Gasteiger partial charge on any atom is 0.314 e. The number of hydrogen-bond donors (Lipinski definition) is 2. The van der Waals surface area contributed by atoms with E-state index in [9.17, 15) is 0 Å². The Morgan fingerprint density at radius 3 is 0.625 bits per heavy atom. The molecule has 0 spiro atoms. The fourth-order valence-electron chi connectivity index (χ4n) is 2.12. The van der Waals surface area contributed by atoms with Crippen LogP contribution in [-0.4, -0.2) is 9.79 Å². The largest absolute Gasteiger partial charge is 0.326 e. The summed E-state index contributed by atoms with van der Waals surface area (Å²) in [6, 6.07) is 0. The smallest absolute Gasteiger partial charge is 0.314 e. The standard InChI is InChI=1S/2C6H12.H3O3P/c2*1-2-4-6-5-3-1;1-4(2)3/h2*1-6H2;4H,(H2,1,2,3). The number of rotatable bonds is 0. The van der Waals surface area contributed by atoms with Gasteiger partial charge in [-0.3, -0.25) is 4.57 Å². The Morgan fingerprint density at radius 1 is 0.500 bits per heavy atom. The van der Waals surface area contributed by atoms with E-state index in [-0.39, 0.29) is 0 Å². The third-order valence-corrected chi connectivity index (χ3v) is 3.00. The van der Waals surface area contributed by atoms with E-state index in [4.69, 9.17) is 14.4 Å². The van der Waals surface area contributed by atoms with Crippen LogP contribution in [0.15, 0.2) is 0 Å². The molecule has 0 aromatic carbocycles. The summed E-state index contributed by atoms with van der Waals surface area (Å²) in [5, 5.41) is 0. The second-order valence-corrected chi connectivity index (χ2v) is 5.09. The van der Waals surface area contributed by atoms with Gasteiger partial charge in [-0.05, 0) is 0 Å². The molecule has 0 saturated heterocycles. The van der Waals surface area contributed by atoms with Gasteiger partial charge >= 0.3 is 8.25 Å². The highest BCUT2D eigenvalue weighted by atomic mass is 31.1. The zero-order valence-corrected chi connectivity index (χ0v) is 11.3. The Kier molecular flexibility index (Phi) is 13.3. The Balaban J connectivity index is 0.000000217. The lowest BCUT2D eigenvalue weighted by atomic mass is 10.0. The van der Waals surface area contributed by atoms with Gasteiger partial charge in [0.05, 0.1) is 0 Å². The zero-order valence-electron chi connectivity index (χ0n) is 10.3. The van der Waals surface area contributed by atoms with Crippen LogP contribution in [0.4, 0.5) is 0 Å². The van der Waals surface area contributed by atoms with E-state index in [0.717, 1.165) is 0 Å². The molecule has 0 aliphatic heterocycles. The molecule has 0 heterocycles. The van der Waals surface area contributed by atoms with Gasteiger partial charge in [0.2, 0.25) is 0 Å². The van der Waals surface area contributed by atoms with Crippen LogP contribution >= 0.6 is 8.25 Å². The van der Waals surface area contributed by atoms with Gasteiger partial charge in [-0.25, -0.2) is 0 Å². The normalized spacial score (nSPS) is 20.2. The van der Waals surface area contributed by atoms with Crippen LogP contribution in [0.5, 0.6) is 0 Å². The molecule has 2 fully saturated rings. The molecule has 0 aromatic rings. The van der Waals surface area contributed by atoms with Crippen molar-refractivity contribution in [3.05, 3.63) is 0 Å². The Morgan fingerprint density at radius 2 is 0.562 bits per heavy atom. The first kappa shape index (κ1) is 16.1. The molecule has 0 amide bonds. The summed E-state index contributed by atoms with van der Waals surface area (Å²) in [7, 11) is -3.13. The third kappa shape index (κ3) is 16.6. The van der Waals surface area contributed by atoms with E-state index in [2.05, 4.69) is 0 Å². The quantitative estimate of drug-likeness (QED) is 0.638. The van der Waals surface area contributed by atoms with Crippen molar-refractivity contribution in [2.75, 3.05) is 0 Å². The van der Waals surface area contributed by atoms with Crippen LogP contribution in [0, 0.1) is 0 Å². The van der Waals surface area contributed by atoms with Crippen molar-refractivity contribution in [3.8, 4) is 0 Å². The molecule has 0 radical (unpaired) electrons. The van der Waals surface area contributed by atoms with Crippen LogP contribution in [0.25, 0.3) is 0 Å². The first-order valence-corrected chi connectivity index (χ1v) is 7.95. The zero-order chi connectivity index (χ0) is 12.1. The molecule has 2 saturated carbocycles. The Bertz CT molecular complexity index is 115. The molecule has 0 bridgehead atoms. The Hall–Kier alpha value is 0.150. The SMILES string of the molecule is C1CCCCC1.C1CCCCC1.O=[PH](O)O. The van der Waals surface area contributed by atoms with Gasteiger partial charge in [-0.1, -0.05) is 77.0 Å². The maximum absolute atomic E-state index is 8.74. The molecule has 2 N–H and O–H groups in total. The highest BCUT2D eigenvalue weighted by Crippen LogP contribution is 2.15. The van der Waals surface area contributed by atoms with E-state index in [1.165, 1.54) is 77.0 Å². The predicted octanol–water partition coefficient (Wildman–Crippen LogP) is 4.04. The minimum absolute atomic E-state index is 1.50. The van der Waals surface area contributed by atoms with Crippen molar-refractivity contribution in [1.29, 1.82) is 0 Å². The van der Waals surface area contributed by atoms with Gasteiger partial charge in [0.15, 0.2) is 0 Å². The van der Waals surface area contributed by atoms with Crippen LogP contribution < -0.4 is 0 Å². The third-order valence-electron chi connectivity index (χ3n) is 3.00. The highest BCUT2D eigenvalue weighted by Gasteiger charge is 1.96. The van der Waals surface area contributed by atoms with Gasteiger partial charge in [-0.15, -0.1) is 0 Å². The van der Waals surface area contributed by atoms with Gasteiger partial charge in [0, 0.05) is 0 Å². The molecule has 3 nitrogen and oxygen atoms in total. The molecule has 4 heteroatoms. The van der Waals surface area contributed by atoms with E-state index in [1.54, 1.807) is 0 Å². The summed E-state index contributed by atoms with van der Waals surface area (Å²) in [6.07, 6.45) is 18.0. The molecule has 0 unspecified atom stereocenters. The molecule has 0 atom stereocenters. The fourth-order valence-corrected chi connectivity index (χ4v) is 2.12. The monoisotopic (exact) mass is 250 g/mol. The van der Waals surface area contributed by atoms with E-state index >= 15 is 0 Å². The lowest BCUT2D eigenvalue weighted by Crippen LogP contribution is -1.85. The van der Waals surface area contributed by atoms with Crippen molar-refractivity contribution >= 4 is 8.25 Å². The van der Waals surface area contributed by atoms with E-state index in [0.29, 0.717) is 0 Å². The van der Waals surface area contributed by atoms with Crippen molar-refractivity contribution in [1.82, 2.24) is 0 Å².